The summed E-state index contributed by atoms with van der Waals surface area (Å²) >= 11 is 0. The zero-order valence-corrected chi connectivity index (χ0v) is 18.5. The summed E-state index contributed by atoms with van der Waals surface area (Å²) in [5.74, 6) is 0.521. The molecule has 9 nitrogen and oxygen atoms in total. The molecule has 4 atom stereocenters. The quantitative estimate of drug-likeness (QED) is 0.454. The van der Waals surface area contributed by atoms with Crippen LogP contribution in [-0.2, 0) is 14.3 Å². The molecule has 2 aliphatic rings. The number of aliphatic hydroxyl groups excluding tert-OH is 1. The van der Waals surface area contributed by atoms with Gasteiger partial charge >= 0.3 is 6.03 Å². The maximum Gasteiger partial charge on any atom is 0.323 e. The Morgan fingerprint density at radius 2 is 1.91 bits per heavy atom. The molecule has 0 radical (unpaired) electrons. The Bertz CT molecular complexity index is 970. The molecule has 2 heterocycles. The van der Waals surface area contributed by atoms with Crippen molar-refractivity contribution in [1.82, 2.24) is 5.32 Å². The minimum atomic E-state index is -0.536. The van der Waals surface area contributed by atoms with Crippen LogP contribution in [0, 0.1) is 0 Å². The van der Waals surface area contributed by atoms with Crippen LogP contribution in [0.25, 0.3) is 0 Å². The molecule has 4 N–H and O–H groups in total. The monoisotopic (exact) mass is 455 g/mol. The number of rotatable bonds is 8. The third-order valence-corrected chi connectivity index (χ3v) is 5.83. The molecule has 0 spiro atoms. The highest BCUT2D eigenvalue weighted by Crippen LogP contribution is 2.47. The van der Waals surface area contributed by atoms with Crippen LogP contribution in [0.1, 0.15) is 24.3 Å². The molecule has 0 saturated carbocycles. The van der Waals surface area contributed by atoms with Gasteiger partial charge in [0.1, 0.15) is 18.0 Å². The molecule has 0 unspecified atom stereocenters. The standard InChI is InChI=1S/C24H29N3O6/c1-31-10-9-25-22(29)13-17-12-19-18-11-16(27-24(30)26-15-5-3-2-4-6-15)7-8-20(18)33-23(19)21(14-28)32-17/h2-8,11,17,19,21,23,28H,9-10,12-14H2,1H3,(H,25,29)(H2,26,27,30)/t17-,19-,21-,23+/m1/s1. The van der Waals surface area contributed by atoms with Crippen LogP contribution in [0.3, 0.4) is 0 Å². The predicted octanol–water partition coefficient (Wildman–Crippen LogP) is 2.48. The number of carbonyl (C=O) groups excluding carboxylic acids is 2. The summed E-state index contributed by atoms with van der Waals surface area (Å²) in [5, 5.41) is 18.3. The molecule has 2 aromatic carbocycles. The van der Waals surface area contributed by atoms with Crippen molar-refractivity contribution in [2.24, 2.45) is 0 Å². The van der Waals surface area contributed by atoms with E-state index in [4.69, 9.17) is 14.2 Å². The summed E-state index contributed by atoms with van der Waals surface area (Å²) in [6.45, 7) is 0.668. The van der Waals surface area contributed by atoms with Gasteiger partial charge in [-0.2, -0.15) is 0 Å². The number of ether oxygens (including phenoxy) is 3. The molecule has 33 heavy (non-hydrogen) atoms. The van der Waals surface area contributed by atoms with Gasteiger partial charge in [-0.1, -0.05) is 18.2 Å². The molecule has 0 aliphatic carbocycles. The first-order valence-corrected chi connectivity index (χ1v) is 11.0. The molecular weight excluding hydrogens is 426 g/mol. The van der Waals surface area contributed by atoms with E-state index in [1.807, 2.05) is 42.5 Å². The lowest BCUT2D eigenvalue weighted by Gasteiger charge is -2.37. The number of methoxy groups -OCH3 is 1. The Hall–Kier alpha value is -3.14. The van der Waals surface area contributed by atoms with Crippen molar-refractivity contribution < 1.29 is 28.9 Å². The highest BCUT2D eigenvalue weighted by molar-refractivity contribution is 5.99. The van der Waals surface area contributed by atoms with Crippen LogP contribution >= 0.6 is 0 Å². The van der Waals surface area contributed by atoms with E-state index in [1.54, 1.807) is 13.2 Å². The van der Waals surface area contributed by atoms with E-state index in [2.05, 4.69) is 16.0 Å². The molecule has 1 fully saturated rings. The minimum absolute atomic E-state index is 0.0541. The summed E-state index contributed by atoms with van der Waals surface area (Å²) in [5.41, 5.74) is 2.26. The highest BCUT2D eigenvalue weighted by Gasteiger charge is 2.46. The molecule has 9 heteroatoms. The Morgan fingerprint density at radius 1 is 1.12 bits per heavy atom. The summed E-state index contributed by atoms with van der Waals surface area (Å²) in [6, 6.07) is 14.3. The van der Waals surface area contributed by atoms with Crippen LogP contribution in [0.2, 0.25) is 0 Å². The Morgan fingerprint density at radius 3 is 2.67 bits per heavy atom. The molecule has 0 aromatic heterocycles. The topological polar surface area (TPSA) is 118 Å². The van der Waals surface area contributed by atoms with E-state index >= 15 is 0 Å². The van der Waals surface area contributed by atoms with Crippen LogP contribution in [0.4, 0.5) is 16.2 Å². The number of amides is 3. The number of anilines is 2. The maximum absolute atomic E-state index is 12.4. The lowest BCUT2D eigenvalue weighted by Crippen LogP contribution is -2.47. The van der Waals surface area contributed by atoms with Crippen molar-refractivity contribution >= 4 is 23.3 Å². The fourth-order valence-corrected chi connectivity index (χ4v) is 4.35. The second-order valence-corrected chi connectivity index (χ2v) is 8.15. The van der Waals surface area contributed by atoms with Gasteiger partial charge in [-0.3, -0.25) is 4.79 Å². The van der Waals surface area contributed by atoms with Crippen molar-refractivity contribution in [2.45, 2.75) is 37.1 Å². The molecule has 1 saturated heterocycles. The number of benzene rings is 2. The fourth-order valence-electron chi connectivity index (χ4n) is 4.35. The van der Waals surface area contributed by atoms with Crippen molar-refractivity contribution in [3.63, 3.8) is 0 Å². The van der Waals surface area contributed by atoms with Crippen molar-refractivity contribution in [2.75, 3.05) is 37.5 Å². The first-order valence-electron chi connectivity index (χ1n) is 11.0. The van der Waals surface area contributed by atoms with E-state index in [0.29, 0.717) is 36.7 Å². The number of urea groups is 1. The summed E-state index contributed by atoms with van der Waals surface area (Å²) in [7, 11) is 1.58. The van der Waals surface area contributed by atoms with Crippen molar-refractivity contribution in [3.8, 4) is 5.75 Å². The number of hydrogen-bond acceptors (Lipinski definition) is 6. The van der Waals surface area contributed by atoms with Crippen molar-refractivity contribution in [1.29, 1.82) is 0 Å². The van der Waals surface area contributed by atoms with Crippen LogP contribution < -0.4 is 20.7 Å². The summed E-state index contributed by atoms with van der Waals surface area (Å²) in [4.78, 5) is 24.6. The molecule has 0 bridgehead atoms. The zero-order valence-electron chi connectivity index (χ0n) is 18.5. The fraction of sp³-hybridized carbons (Fsp3) is 0.417. The number of para-hydroxylation sites is 1. The third-order valence-electron chi connectivity index (χ3n) is 5.83. The van der Waals surface area contributed by atoms with Crippen LogP contribution in [0.15, 0.2) is 48.5 Å². The van der Waals surface area contributed by atoms with E-state index in [1.165, 1.54) is 0 Å². The largest absolute Gasteiger partial charge is 0.487 e. The third kappa shape index (κ3) is 5.62. The Labute approximate surface area is 192 Å². The minimum Gasteiger partial charge on any atom is -0.487 e. The number of carbonyl (C=O) groups is 2. The number of fused-ring (bicyclic) bond motifs is 3. The molecule has 2 aromatic rings. The predicted molar refractivity (Wildman–Crippen MR) is 123 cm³/mol. The Kier molecular flexibility index (Phi) is 7.43. The first kappa shape index (κ1) is 23.0. The van der Waals surface area contributed by atoms with Gasteiger partial charge in [0.15, 0.2) is 0 Å². The van der Waals surface area contributed by atoms with Gasteiger partial charge in [0, 0.05) is 36.5 Å². The van der Waals surface area contributed by atoms with Crippen LogP contribution in [-0.4, -0.2) is 62.2 Å². The molecule has 2 aliphatic heterocycles. The van der Waals surface area contributed by atoms with E-state index in [-0.39, 0.29) is 43.1 Å². The van der Waals surface area contributed by atoms with Crippen molar-refractivity contribution in [3.05, 3.63) is 54.1 Å². The first-order chi connectivity index (χ1) is 16.1. The normalized spacial score (nSPS) is 23.1. The summed E-state index contributed by atoms with van der Waals surface area (Å²) in [6.07, 6.45) is -0.461. The smallest absolute Gasteiger partial charge is 0.323 e. The Balaban J connectivity index is 1.43. The molecular formula is C24H29N3O6. The average Bonchev–Trinajstić information content (AvgIpc) is 3.17. The van der Waals surface area contributed by atoms with E-state index < -0.39 is 6.10 Å². The lowest BCUT2D eigenvalue weighted by atomic mass is 9.84. The maximum atomic E-state index is 12.4. The SMILES string of the molecule is COCCNC(=O)C[C@H]1C[C@@H]2c3cc(NC(=O)Nc4ccccc4)ccc3O[C@@H]2[C@@H](CO)O1. The van der Waals surface area contributed by atoms with Gasteiger partial charge in [0.2, 0.25) is 5.91 Å². The van der Waals surface area contributed by atoms with Gasteiger partial charge in [-0.15, -0.1) is 0 Å². The average molecular weight is 456 g/mol. The number of hydrogen-bond donors (Lipinski definition) is 4. The van der Waals surface area contributed by atoms with E-state index in [0.717, 1.165) is 5.56 Å². The van der Waals surface area contributed by atoms with Gasteiger partial charge in [0.05, 0.1) is 25.7 Å². The van der Waals surface area contributed by atoms with Gasteiger partial charge in [-0.25, -0.2) is 4.79 Å². The van der Waals surface area contributed by atoms with E-state index in [9.17, 15) is 14.7 Å². The second-order valence-electron chi connectivity index (χ2n) is 8.15. The molecule has 3 amide bonds. The highest BCUT2D eigenvalue weighted by atomic mass is 16.6. The van der Waals surface area contributed by atoms with Crippen LogP contribution in [0.5, 0.6) is 5.75 Å². The number of aliphatic hydroxyl groups is 1. The second kappa shape index (κ2) is 10.7. The van der Waals surface area contributed by atoms with Gasteiger partial charge < -0.3 is 35.3 Å². The number of nitrogens with one attached hydrogen (secondary N) is 3. The molecule has 176 valence electrons. The van der Waals surface area contributed by atoms with Gasteiger partial charge in [-0.05, 0) is 36.8 Å². The van der Waals surface area contributed by atoms with Gasteiger partial charge in [0.25, 0.3) is 0 Å². The summed E-state index contributed by atoms with van der Waals surface area (Å²) < 4.78 is 17.0. The molecule has 4 rings (SSSR count). The lowest BCUT2D eigenvalue weighted by molar-refractivity contribution is -0.142. The zero-order chi connectivity index (χ0) is 23.2.